The van der Waals surface area contributed by atoms with Crippen molar-refractivity contribution in [2.75, 3.05) is 16.2 Å². The second kappa shape index (κ2) is 9.31. The van der Waals surface area contributed by atoms with Crippen molar-refractivity contribution >= 4 is 27.3 Å². The first-order chi connectivity index (χ1) is 15.1. The quantitative estimate of drug-likeness (QED) is 0.549. The first kappa shape index (κ1) is 23.1. The Morgan fingerprint density at radius 1 is 0.938 bits per heavy atom. The molecule has 0 heterocycles. The van der Waals surface area contributed by atoms with E-state index in [-0.39, 0.29) is 10.6 Å². The molecule has 0 saturated heterocycles. The van der Waals surface area contributed by atoms with Gasteiger partial charge in [-0.15, -0.1) is 13.2 Å². The van der Waals surface area contributed by atoms with Gasteiger partial charge in [0, 0.05) is 5.69 Å². The number of alkyl halides is 3. The standard InChI is InChI=1S/C22H19F3N2O4S/c1-16-7-5-6-10-20(16)27(32(29,30)19-8-3-2-4-9-19)15-21(28)26-17-11-13-18(14-12-17)31-22(23,24)25/h2-14H,15H2,1H3,(H,26,28). The van der Waals surface area contributed by atoms with Gasteiger partial charge in [0.25, 0.3) is 10.0 Å². The summed E-state index contributed by atoms with van der Waals surface area (Å²) in [5.74, 6) is -1.11. The molecule has 0 unspecified atom stereocenters. The third-order valence-corrected chi connectivity index (χ3v) is 6.15. The van der Waals surface area contributed by atoms with E-state index >= 15 is 0 Å². The summed E-state index contributed by atoms with van der Waals surface area (Å²) in [7, 11) is -4.06. The van der Waals surface area contributed by atoms with Crippen molar-refractivity contribution in [3.05, 3.63) is 84.4 Å². The fraction of sp³-hybridized carbons (Fsp3) is 0.136. The third kappa shape index (κ3) is 5.79. The van der Waals surface area contributed by atoms with Crippen LogP contribution in [0.2, 0.25) is 0 Å². The van der Waals surface area contributed by atoms with Crippen LogP contribution in [0, 0.1) is 6.92 Å². The van der Waals surface area contributed by atoms with Crippen molar-refractivity contribution in [1.29, 1.82) is 0 Å². The van der Waals surface area contributed by atoms with Gasteiger partial charge in [-0.1, -0.05) is 36.4 Å². The predicted molar refractivity (Wildman–Crippen MR) is 114 cm³/mol. The van der Waals surface area contributed by atoms with E-state index < -0.39 is 34.6 Å². The lowest BCUT2D eigenvalue weighted by Gasteiger charge is -2.25. The summed E-state index contributed by atoms with van der Waals surface area (Å²) in [6, 6.07) is 18.9. The fourth-order valence-corrected chi connectivity index (χ4v) is 4.44. The molecule has 0 saturated carbocycles. The number of hydrogen-bond acceptors (Lipinski definition) is 4. The number of amides is 1. The van der Waals surface area contributed by atoms with Gasteiger partial charge >= 0.3 is 6.36 Å². The molecule has 0 aliphatic carbocycles. The van der Waals surface area contributed by atoms with E-state index in [2.05, 4.69) is 10.1 Å². The van der Waals surface area contributed by atoms with Gasteiger partial charge in [-0.25, -0.2) is 8.42 Å². The largest absolute Gasteiger partial charge is 0.573 e. The minimum absolute atomic E-state index is 0.0182. The maximum Gasteiger partial charge on any atom is 0.573 e. The highest BCUT2D eigenvalue weighted by atomic mass is 32.2. The Morgan fingerprint density at radius 2 is 1.53 bits per heavy atom. The maximum absolute atomic E-state index is 13.3. The van der Waals surface area contributed by atoms with Gasteiger partial charge in [0.15, 0.2) is 0 Å². The van der Waals surface area contributed by atoms with Crippen LogP contribution in [0.3, 0.4) is 0 Å². The summed E-state index contributed by atoms with van der Waals surface area (Å²) in [5.41, 5.74) is 1.17. The second-order valence-electron chi connectivity index (χ2n) is 6.73. The molecule has 3 aromatic rings. The number of nitrogens with zero attached hydrogens (tertiary/aromatic N) is 1. The third-order valence-electron chi connectivity index (χ3n) is 4.37. The van der Waals surface area contributed by atoms with Crippen molar-refractivity contribution in [2.24, 2.45) is 0 Å². The van der Waals surface area contributed by atoms with E-state index in [4.69, 9.17) is 0 Å². The number of carbonyl (C=O) groups is 1. The number of nitrogens with one attached hydrogen (secondary N) is 1. The van der Waals surface area contributed by atoms with Crippen LogP contribution in [-0.2, 0) is 14.8 Å². The molecule has 1 amide bonds. The molecule has 6 nitrogen and oxygen atoms in total. The molecule has 32 heavy (non-hydrogen) atoms. The molecular formula is C22H19F3N2O4S. The smallest absolute Gasteiger partial charge is 0.406 e. The number of rotatable bonds is 7. The molecule has 0 aliphatic rings. The van der Waals surface area contributed by atoms with Gasteiger partial charge in [0.2, 0.25) is 5.91 Å². The van der Waals surface area contributed by atoms with Gasteiger partial charge in [0.05, 0.1) is 10.6 Å². The molecule has 168 valence electrons. The van der Waals surface area contributed by atoms with Crippen LogP contribution < -0.4 is 14.4 Å². The summed E-state index contributed by atoms with van der Waals surface area (Å²) >= 11 is 0. The molecular weight excluding hydrogens is 445 g/mol. The number of anilines is 2. The van der Waals surface area contributed by atoms with Crippen LogP contribution in [0.15, 0.2) is 83.8 Å². The average Bonchev–Trinajstić information content (AvgIpc) is 2.73. The molecule has 1 N–H and O–H groups in total. The van der Waals surface area contributed by atoms with E-state index in [0.717, 1.165) is 16.4 Å². The summed E-state index contributed by atoms with van der Waals surface area (Å²) in [6.45, 7) is 1.18. The lowest BCUT2D eigenvalue weighted by Crippen LogP contribution is -2.38. The molecule has 10 heteroatoms. The average molecular weight is 464 g/mol. The Labute approximate surface area is 183 Å². The van der Waals surface area contributed by atoms with Crippen LogP contribution >= 0.6 is 0 Å². The van der Waals surface area contributed by atoms with E-state index in [1.54, 1.807) is 49.4 Å². The van der Waals surface area contributed by atoms with Gasteiger partial charge in [-0.2, -0.15) is 0 Å². The Balaban J connectivity index is 1.84. The van der Waals surface area contributed by atoms with Crippen LogP contribution in [0.4, 0.5) is 24.5 Å². The first-order valence-electron chi connectivity index (χ1n) is 9.35. The van der Waals surface area contributed by atoms with Gasteiger partial charge < -0.3 is 10.1 Å². The topological polar surface area (TPSA) is 75.7 Å². The number of halogens is 3. The van der Waals surface area contributed by atoms with Crippen molar-refractivity contribution in [2.45, 2.75) is 18.2 Å². The van der Waals surface area contributed by atoms with Crippen LogP contribution in [0.1, 0.15) is 5.56 Å². The Kier molecular flexibility index (Phi) is 6.73. The lowest BCUT2D eigenvalue weighted by molar-refractivity contribution is -0.274. The Bertz CT molecular complexity index is 1180. The number of para-hydroxylation sites is 1. The number of carbonyl (C=O) groups excluding carboxylic acids is 1. The zero-order chi connectivity index (χ0) is 23.4. The van der Waals surface area contributed by atoms with E-state index in [0.29, 0.717) is 11.3 Å². The zero-order valence-electron chi connectivity index (χ0n) is 16.8. The molecule has 0 spiro atoms. The number of aryl methyl sites for hydroxylation is 1. The fourth-order valence-electron chi connectivity index (χ4n) is 2.93. The van der Waals surface area contributed by atoms with E-state index in [1.165, 1.54) is 24.3 Å². The molecule has 0 radical (unpaired) electrons. The van der Waals surface area contributed by atoms with Crippen molar-refractivity contribution in [3.63, 3.8) is 0 Å². The molecule has 0 fully saturated rings. The molecule has 3 rings (SSSR count). The lowest BCUT2D eigenvalue weighted by atomic mass is 10.2. The number of hydrogen-bond donors (Lipinski definition) is 1. The highest BCUT2D eigenvalue weighted by Crippen LogP contribution is 2.27. The molecule has 0 aliphatic heterocycles. The second-order valence-corrected chi connectivity index (χ2v) is 8.59. The van der Waals surface area contributed by atoms with Gasteiger partial charge in [-0.3, -0.25) is 9.10 Å². The molecule has 0 aromatic heterocycles. The first-order valence-corrected chi connectivity index (χ1v) is 10.8. The van der Waals surface area contributed by atoms with E-state index in [9.17, 15) is 26.4 Å². The monoisotopic (exact) mass is 464 g/mol. The summed E-state index contributed by atoms with van der Waals surface area (Å²) in [6.07, 6.45) is -4.83. The van der Waals surface area contributed by atoms with Crippen LogP contribution in [0.25, 0.3) is 0 Å². The minimum Gasteiger partial charge on any atom is -0.406 e. The minimum atomic E-state index is -4.83. The Hall–Kier alpha value is -3.53. The molecule has 0 bridgehead atoms. The normalized spacial score (nSPS) is 11.6. The summed E-state index contributed by atoms with van der Waals surface area (Å²) in [4.78, 5) is 12.7. The molecule has 0 atom stereocenters. The van der Waals surface area contributed by atoms with Crippen molar-refractivity contribution in [1.82, 2.24) is 0 Å². The summed E-state index contributed by atoms with van der Waals surface area (Å²) in [5, 5.41) is 2.49. The number of ether oxygens (including phenoxy) is 1. The van der Waals surface area contributed by atoms with Gasteiger partial charge in [0.1, 0.15) is 12.3 Å². The summed E-state index contributed by atoms with van der Waals surface area (Å²) < 4.78 is 68.2. The van der Waals surface area contributed by atoms with Crippen LogP contribution in [-0.4, -0.2) is 27.2 Å². The van der Waals surface area contributed by atoms with Crippen molar-refractivity contribution < 1.29 is 31.1 Å². The SMILES string of the molecule is Cc1ccccc1N(CC(=O)Nc1ccc(OC(F)(F)F)cc1)S(=O)(=O)c1ccccc1. The number of benzene rings is 3. The van der Waals surface area contributed by atoms with Gasteiger partial charge in [-0.05, 0) is 55.0 Å². The Morgan fingerprint density at radius 3 is 2.12 bits per heavy atom. The van der Waals surface area contributed by atoms with E-state index in [1.807, 2.05) is 0 Å². The highest BCUT2D eigenvalue weighted by molar-refractivity contribution is 7.92. The van der Waals surface area contributed by atoms with Crippen LogP contribution in [0.5, 0.6) is 5.75 Å². The predicted octanol–water partition coefficient (Wildman–Crippen LogP) is 4.73. The molecule has 3 aromatic carbocycles. The number of sulfonamides is 1. The van der Waals surface area contributed by atoms with Crippen molar-refractivity contribution in [3.8, 4) is 5.75 Å². The maximum atomic E-state index is 13.3. The zero-order valence-corrected chi connectivity index (χ0v) is 17.7. The highest BCUT2D eigenvalue weighted by Gasteiger charge is 2.31.